The van der Waals surface area contributed by atoms with Gasteiger partial charge in [-0.3, -0.25) is 9.59 Å². The van der Waals surface area contributed by atoms with Crippen molar-refractivity contribution in [3.8, 4) is 17.2 Å². The highest BCUT2D eigenvalue weighted by Gasteiger charge is 2.36. The molecule has 0 aliphatic heterocycles. The number of carbonyl (C=O) groups excluding carboxylic acids is 2. The molecule has 0 unspecified atom stereocenters. The van der Waals surface area contributed by atoms with Crippen molar-refractivity contribution in [3.05, 3.63) is 51.6 Å². The Bertz CT molecular complexity index is 882. The molecule has 0 fully saturated rings. The van der Waals surface area contributed by atoms with Crippen molar-refractivity contribution in [2.45, 2.75) is 13.5 Å². The second-order valence-corrected chi connectivity index (χ2v) is 5.51. The number of aliphatic hydroxyl groups excluding tert-OH is 1. The molecular formula is C18H16O6. The van der Waals surface area contributed by atoms with Crippen LogP contribution < -0.4 is 9.47 Å². The highest BCUT2D eigenvalue weighted by Crippen LogP contribution is 2.41. The number of aromatic hydroxyl groups is 1. The fraction of sp³-hybridized carbons (Fsp3) is 0.222. The number of aliphatic hydroxyl groups is 1. The average molecular weight is 328 g/mol. The van der Waals surface area contributed by atoms with Gasteiger partial charge in [-0.1, -0.05) is 0 Å². The lowest BCUT2D eigenvalue weighted by Crippen LogP contribution is -2.23. The van der Waals surface area contributed by atoms with Gasteiger partial charge in [-0.15, -0.1) is 0 Å². The summed E-state index contributed by atoms with van der Waals surface area (Å²) in [6, 6.07) is 4.50. The highest BCUT2D eigenvalue weighted by molar-refractivity contribution is 6.30. The number of aryl methyl sites for hydroxylation is 1. The van der Waals surface area contributed by atoms with E-state index in [1.807, 2.05) is 0 Å². The molecule has 1 aliphatic carbocycles. The first-order valence-corrected chi connectivity index (χ1v) is 7.26. The smallest absolute Gasteiger partial charge is 0.201 e. The van der Waals surface area contributed by atoms with E-state index in [9.17, 15) is 19.8 Å². The minimum atomic E-state index is -0.522. The Hall–Kier alpha value is -2.86. The van der Waals surface area contributed by atoms with E-state index in [1.54, 1.807) is 6.92 Å². The standard InChI is InChI=1S/C18H16O6/c1-8-4-10-15(17(21)12(8)7-19)18(22)14-11(16(10)20)5-9(23-2)6-13(14)24-3/h4-6,19,21H,7H2,1-3H3. The lowest BCUT2D eigenvalue weighted by molar-refractivity contribution is 0.0973. The van der Waals surface area contributed by atoms with Crippen molar-refractivity contribution < 1.29 is 29.3 Å². The summed E-state index contributed by atoms with van der Waals surface area (Å²) in [4.78, 5) is 25.8. The summed E-state index contributed by atoms with van der Waals surface area (Å²) in [6.45, 7) is 1.23. The molecule has 2 aromatic carbocycles. The van der Waals surface area contributed by atoms with Crippen LogP contribution in [0.2, 0.25) is 0 Å². The van der Waals surface area contributed by atoms with E-state index in [-0.39, 0.29) is 39.3 Å². The molecule has 2 N–H and O–H groups in total. The first-order valence-electron chi connectivity index (χ1n) is 7.26. The fourth-order valence-electron chi connectivity index (χ4n) is 3.00. The maximum atomic E-state index is 12.9. The third-order valence-corrected chi connectivity index (χ3v) is 4.26. The van der Waals surface area contributed by atoms with Crippen LogP contribution in [0.25, 0.3) is 0 Å². The lowest BCUT2D eigenvalue weighted by Gasteiger charge is -2.23. The second kappa shape index (κ2) is 5.65. The van der Waals surface area contributed by atoms with Gasteiger partial charge in [-0.25, -0.2) is 0 Å². The van der Waals surface area contributed by atoms with Gasteiger partial charge in [0.2, 0.25) is 5.78 Å². The Kier molecular flexibility index (Phi) is 3.77. The van der Waals surface area contributed by atoms with Crippen LogP contribution >= 0.6 is 0 Å². The van der Waals surface area contributed by atoms with Crippen LogP contribution in [0, 0.1) is 6.92 Å². The molecule has 0 radical (unpaired) electrons. The van der Waals surface area contributed by atoms with Gasteiger partial charge in [0.25, 0.3) is 0 Å². The maximum absolute atomic E-state index is 12.9. The summed E-state index contributed by atoms with van der Waals surface area (Å²) < 4.78 is 10.4. The molecule has 24 heavy (non-hydrogen) atoms. The largest absolute Gasteiger partial charge is 0.507 e. The van der Waals surface area contributed by atoms with Crippen LogP contribution in [0.1, 0.15) is 43.0 Å². The molecular weight excluding hydrogens is 312 g/mol. The van der Waals surface area contributed by atoms with Crippen molar-refractivity contribution in [2.75, 3.05) is 14.2 Å². The van der Waals surface area contributed by atoms with Crippen molar-refractivity contribution in [1.29, 1.82) is 0 Å². The molecule has 0 aromatic heterocycles. The molecule has 6 nitrogen and oxygen atoms in total. The Morgan fingerprint density at radius 3 is 2.21 bits per heavy atom. The van der Waals surface area contributed by atoms with Crippen LogP contribution in [-0.4, -0.2) is 36.0 Å². The van der Waals surface area contributed by atoms with Gasteiger partial charge in [0.1, 0.15) is 17.2 Å². The van der Waals surface area contributed by atoms with Gasteiger partial charge < -0.3 is 19.7 Å². The predicted molar refractivity (Wildman–Crippen MR) is 85.2 cm³/mol. The molecule has 124 valence electrons. The lowest BCUT2D eigenvalue weighted by atomic mass is 9.81. The first kappa shape index (κ1) is 16.0. The number of ether oxygens (including phenoxy) is 2. The van der Waals surface area contributed by atoms with Crippen LogP contribution in [0.3, 0.4) is 0 Å². The summed E-state index contributed by atoms with van der Waals surface area (Å²) in [5.74, 6) is -0.706. The van der Waals surface area contributed by atoms with Crippen LogP contribution in [0.15, 0.2) is 18.2 Å². The molecule has 0 atom stereocenters. The fourth-order valence-corrected chi connectivity index (χ4v) is 3.00. The molecule has 0 amide bonds. The van der Waals surface area contributed by atoms with Gasteiger partial charge in [0.05, 0.1) is 32.0 Å². The van der Waals surface area contributed by atoms with E-state index in [0.29, 0.717) is 11.3 Å². The first-order chi connectivity index (χ1) is 11.4. The number of hydrogen-bond acceptors (Lipinski definition) is 6. The number of fused-ring (bicyclic) bond motifs is 2. The molecule has 3 rings (SSSR count). The summed E-state index contributed by atoms with van der Waals surface area (Å²) in [7, 11) is 2.84. The second-order valence-electron chi connectivity index (χ2n) is 5.51. The zero-order chi connectivity index (χ0) is 17.6. The normalized spacial score (nSPS) is 12.7. The summed E-state index contributed by atoms with van der Waals surface area (Å²) >= 11 is 0. The summed E-state index contributed by atoms with van der Waals surface area (Å²) in [5, 5.41) is 19.8. The maximum Gasteiger partial charge on any atom is 0.201 e. The molecule has 6 heteroatoms. The van der Waals surface area contributed by atoms with E-state index >= 15 is 0 Å². The molecule has 0 bridgehead atoms. The number of carbonyl (C=O) groups is 2. The number of rotatable bonds is 3. The molecule has 0 spiro atoms. The zero-order valence-electron chi connectivity index (χ0n) is 13.5. The average Bonchev–Trinajstić information content (AvgIpc) is 2.58. The number of benzene rings is 2. The number of phenols is 1. The van der Waals surface area contributed by atoms with Crippen molar-refractivity contribution in [1.82, 2.24) is 0 Å². The Balaban J connectivity index is 2.36. The SMILES string of the molecule is COc1cc(OC)c2c(c1)C(=O)c1cc(C)c(CO)c(O)c1C2=O. The van der Waals surface area contributed by atoms with Crippen LogP contribution in [0.5, 0.6) is 17.2 Å². The predicted octanol–water partition coefficient (Wildman–Crippen LogP) is 1.99. The van der Waals surface area contributed by atoms with Gasteiger partial charge in [0.15, 0.2) is 5.78 Å². The number of methoxy groups -OCH3 is 2. The van der Waals surface area contributed by atoms with Crippen LogP contribution in [0.4, 0.5) is 0 Å². The number of hydrogen-bond donors (Lipinski definition) is 2. The van der Waals surface area contributed by atoms with Gasteiger partial charge in [-0.2, -0.15) is 0 Å². The zero-order valence-corrected chi connectivity index (χ0v) is 13.5. The van der Waals surface area contributed by atoms with Crippen molar-refractivity contribution in [2.24, 2.45) is 0 Å². The molecule has 0 heterocycles. The van der Waals surface area contributed by atoms with Gasteiger partial charge >= 0.3 is 0 Å². The van der Waals surface area contributed by atoms with E-state index in [2.05, 4.69) is 0 Å². The Morgan fingerprint density at radius 1 is 0.958 bits per heavy atom. The Labute approximate surface area is 138 Å². The minimum absolute atomic E-state index is 0.0823. The van der Waals surface area contributed by atoms with Crippen LogP contribution in [-0.2, 0) is 6.61 Å². The molecule has 0 saturated carbocycles. The molecule has 0 saturated heterocycles. The van der Waals surface area contributed by atoms with E-state index in [0.717, 1.165) is 0 Å². The highest BCUT2D eigenvalue weighted by atomic mass is 16.5. The monoisotopic (exact) mass is 328 g/mol. The Morgan fingerprint density at radius 2 is 1.62 bits per heavy atom. The quantitative estimate of drug-likeness (QED) is 0.764. The van der Waals surface area contributed by atoms with E-state index in [1.165, 1.54) is 32.4 Å². The third kappa shape index (κ3) is 2.07. The molecule has 1 aliphatic rings. The minimum Gasteiger partial charge on any atom is -0.507 e. The van der Waals surface area contributed by atoms with E-state index < -0.39 is 18.2 Å². The van der Waals surface area contributed by atoms with Crippen molar-refractivity contribution >= 4 is 11.6 Å². The van der Waals surface area contributed by atoms with Gasteiger partial charge in [-0.05, 0) is 24.6 Å². The van der Waals surface area contributed by atoms with E-state index in [4.69, 9.17) is 9.47 Å². The summed E-state index contributed by atoms with van der Waals surface area (Å²) in [5.41, 5.74) is 1.01. The van der Waals surface area contributed by atoms with Gasteiger partial charge in [0, 0.05) is 22.8 Å². The third-order valence-electron chi connectivity index (χ3n) is 4.26. The van der Waals surface area contributed by atoms with Crippen molar-refractivity contribution in [3.63, 3.8) is 0 Å². The molecule has 2 aromatic rings. The topological polar surface area (TPSA) is 93.1 Å². The summed E-state index contributed by atoms with van der Waals surface area (Å²) in [6.07, 6.45) is 0. The number of ketones is 2.